The Bertz CT molecular complexity index is 934. The molecular formula is C14H9F3N8. The number of aromatic nitrogens is 6. The number of tetrazole rings is 1. The van der Waals surface area contributed by atoms with Crippen molar-refractivity contribution in [2.24, 2.45) is 0 Å². The number of hydrogen-bond acceptors (Lipinski definition) is 6. The molecule has 3 rings (SSSR count). The summed E-state index contributed by atoms with van der Waals surface area (Å²) in [6, 6.07) is 9.34. The quantitative estimate of drug-likeness (QED) is 0.702. The topological polar surface area (TPSA) is 108 Å². The van der Waals surface area contributed by atoms with Crippen LogP contribution in [0.15, 0.2) is 42.7 Å². The molecule has 8 nitrogen and oxygen atoms in total. The van der Waals surface area contributed by atoms with Gasteiger partial charge < -0.3 is 5.32 Å². The molecule has 2 N–H and O–H groups in total. The summed E-state index contributed by atoms with van der Waals surface area (Å²) in [5, 5.41) is 28.5. The molecule has 0 saturated heterocycles. The van der Waals surface area contributed by atoms with Gasteiger partial charge >= 0.3 is 6.18 Å². The number of benzene rings is 1. The minimum absolute atomic E-state index is 0.0888. The van der Waals surface area contributed by atoms with Crippen LogP contribution in [0.4, 0.5) is 18.9 Å². The van der Waals surface area contributed by atoms with Gasteiger partial charge in [0.1, 0.15) is 11.6 Å². The van der Waals surface area contributed by atoms with E-state index in [0.717, 1.165) is 10.7 Å². The zero-order chi connectivity index (χ0) is 17.9. The van der Waals surface area contributed by atoms with Crippen LogP contribution in [0.3, 0.4) is 0 Å². The molecule has 0 fully saturated rings. The SMILES string of the molecule is N#CC(=CNc1ccccc1-n1ccc(C(F)(F)F)n1)c1nn[nH]n1. The number of halogens is 3. The van der Waals surface area contributed by atoms with Gasteiger partial charge in [0.05, 0.1) is 11.4 Å². The maximum atomic E-state index is 12.7. The first-order valence-electron chi connectivity index (χ1n) is 6.82. The molecular weight excluding hydrogens is 337 g/mol. The van der Waals surface area contributed by atoms with Crippen molar-refractivity contribution < 1.29 is 13.2 Å². The summed E-state index contributed by atoms with van der Waals surface area (Å²) >= 11 is 0. The minimum atomic E-state index is -4.53. The Morgan fingerprint density at radius 2 is 2.08 bits per heavy atom. The number of nitrogens with one attached hydrogen (secondary N) is 2. The number of H-pyrrole nitrogens is 1. The highest BCUT2D eigenvalue weighted by molar-refractivity contribution is 5.75. The monoisotopic (exact) mass is 346 g/mol. The van der Waals surface area contributed by atoms with Crippen LogP contribution in [0.25, 0.3) is 11.3 Å². The van der Waals surface area contributed by atoms with Crippen molar-refractivity contribution in [2.45, 2.75) is 6.18 Å². The molecule has 0 atom stereocenters. The first-order valence-corrected chi connectivity index (χ1v) is 6.82. The van der Waals surface area contributed by atoms with Gasteiger partial charge in [-0.1, -0.05) is 12.1 Å². The van der Waals surface area contributed by atoms with Gasteiger partial charge in [0.25, 0.3) is 0 Å². The average Bonchev–Trinajstić information content (AvgIpc) is 3.27. The Labute approximate surface area is 138 Å². The highest BCUT2D eigenvalue weighted by Crippen LogP contribution is 2.29. The molecule has 0 amide bonds. The zero-order valence-electron chi connectivity index (χ0n) is 12.4. The average molecular weight is 346 g/mol. The lowest BCUT2D eigenvalue weighted by Gasteiger charge is -2.09. The molecule has 25 heavy (non-hydrogen) atoms. The fraction of sp³-hybridized carbons (Fsp3) is 0.0714. The molecule has 2 aromatic heterocycles. The van der Waals surface area contributed by atoms with E-state index in [9.17, 15) is 13.2 Å². The molecule has 0 unspecified atom stereocenters. The number of aromatic amines is 1. The van der Waals surface area contributed by atoms with Crippen molar-refractivity contribution in [1.82, 2.24) is 30.4 Å². The smallest absolute Gasteiger partial charge is 0.359 e. The van der Waals surface area contributed by atoms with E-state index < -0.39 is 11.9 Å². The summed E-state index contributed by atoms with van der Waals surface area (Å²) in [5.74, 6) is 0.0888. The Kier molecular flexibility index (Phi) is 4.17. The van der Waals surface area contributed by atoms with Gasteiger partial charge in [-0.25, -0.2) is 4.68 Å². The van der Waals surface area contributed by atoms with Crippen molar-refractivity contribution in [1.29, 1.82) is 5.26 Å². The normalized spacial score (nSPS) is 12.0. The van der Waals surface area contributed by atoms with E-state index in [1.165, 1.54) is 12.4 Å². The van der Waals surface area contributed by atoms with Crippen molar-refractivity contribution in [3.8, 4) is 11.8 Å². The van der Waals surface area contributed by atoms with Crippen LogP contribution >= 0.6 is 0 Å². The summed E-state index contributed by atoms with van der Waals surface area (Å²) in [4.78, 5) is 0. The second-order valence-corrected chi connectivity index (χ2v) is 4.71. The molecule has 0 aliphatic carbocycles. The molecule has 2 heterocycles. The lowest BCUT2D eigenvalue weighted by atomic mass is 10.2. The van der Waals surface area contributed by atoms with E-state index in [-0.39, 0.29) is 11.4 Å². The van der Waals surface area contributed by atoms with E-state index in [1.54, 1.807) is 24.3 Å². The molecule has 3 aromatic rings. The summed E-state index contributed by atoms with van der Waals surface area (Å²) in [6.07, 6.45) is -1.99. The van der Waals surface area contributed by atoms with Crippen LogP contribution in [0, 0.1) is 11.3 Å². The third-order valence-corrected chi connectivity index (χ3v) is 3.11. The Morgan fingerprint density at radius 1 is 1.28 bits per heavy atom. The molecule has 0 radical (unpaired) electrons. The van der Waals surface area contributed by atoms with Crippen molar-refractivity contribution in [3.05, 3.63) is 54.2 Å². The van der Waals surface area contributed by atoms with Crippen molar-refractivity contribution in [3.63, 3.8) is 0 Å². The van der Waals surface area contributed by atoms with Gasteiger partial charge in [-0.2, -0.15) is 28.7 Å². The van der Waals surface area contributed by atoms with Crippen molar-refractivity contribution in [2.75, 3.05) is 5.32 Å². The van der Waals surface area contributed by atoms with Crippen LogP contribution in [0.2, 0.25) is 0 Å². The Hall–Kier alpha value is -3.68. The molecule has 1 aromatic carbocycles. The maximum absolute atomic E-state index is 12.7. The standard InChI is InChI=1S/C14H9F3N8/c15-14(16,17)12-5-6-25(22-12)11-4-2-1-3-10(11)19-8-9(7-18)13-20-23-24-21-13/h1-6,8,19H,(H,20,21,23,24). The number of allylic oxidation sites excluding steroid dienone is 1. The number of anilines is 1. The second-order valence-electron chi connectivity index (χ2n) is 4.71. The third kappa shape index (κ3) is 3.47. The van der Waals surface area contributed by atoms with E-state index in [0.29, 0.717) is 11.4 Å². The van der Waals surface area contributed by atoms with Crippen LogP contribution < -0.4 is 5.32 Å². The van der Waals surface area contributed by atoms with Crippen molar-refractivity contribution >= 4 is 11.3 Å². The van der Waals surface area contributed by atoms with Gasteiger partial charge in [0, 0.05) is 12.4 Å². The molecule has 0 aliphatic heterocycles. The first-order chi connectivity index (χ1) is 12.0. The number of alkyl halides is 3. The number of nitriles is 1. The molecule has 126 valence electrons. The second kappa shape index (κ2) is 6.44. The molecule has 0 bridgehead atoms. The van der Waals surface area contributed by atoms with E-state index >= 15 is 0 Å². The van der Waals surface area contributed by atoms with Crippen LogP contribution in [0.1, 0.15) is 11.5 Å². The van der Waals surface area contributed by atoms with Gasteiger partial charge in [-0.05, 0) is 23.4 Å². The highest BCUT2D eigenvalue weighted by Gasteiger charge is 2.33. The fourth-order valence-corrected chi connectivity index (χ4v) is 1.98. The predicted molar refractivity (Wildman–Crippen MR) is 80.0 cm³/mol. The zero-order valence-corrected chi connectivity index (χ0v) is 12.4. The fourth-order valence-electron chi connectivity index (χ4n) is 1.98. The van der Waals surface area contributed by atoms with Gasteiger partial charge in [-0.3, -0.25) is 0 Å². The summed E-state index contributed by atoms with van der Waals surface area (Å²) < 4.78 is 39.2. The number of para-hydroxylation sites is 2. The Morgan fingerprint density at radius 3 is 2.72 bits per heavy atom. The molecule has 0 saturated carbocycles. The lowest BCUT2D eigenvalue weighted by molar-refractivity contribution is -0.141. The largest absolute Gasteiger partial charge is 0.435 e. The van der Waals surface area contributed by atoms with Gasteiger partial charge in [0.2, 0.25) is 5.82 Å². The maximum Gasteiger partial charge on any atom is 0.435 e. The highest BCUT2D eigenvalue weighted by atomic mass is 19.4. The van der Waals surface area contributed by atoms with E-state index in [4.69, 9.17) is 5.26 Å². The van der Waals surface area contributed by atoms with Gasteiger partial charge in [-0.15, -0.1) is 10.2 Å². The van der Waals surface area contributed by atoms with E-state index in [1.807, 2.05) is 6.07 Å². The summed E-state index contributed by atoms with van der Waals surface area (Å²) in [5.41, 5.74) is -0.0856. The summed E-state index contributed by atoms with van der Waals surface area (Å²) in [7, 11) is 0. The van der Waals surface area contributed by atoms with Crippen LogP contribution in [0.5, 0.6) is 0 Å². The van der Waals surface area contributed by atoms with Crippen LogP contribution in [-0.4, -0.2) is 30.4 Å². The summed E-state index contributed by atoms with van der Waals surface area (Å²) in [6.45, 7) is 0. The van der Waals surface area contributed by atoms with Crippen LogP contribution in [-0.2, 0) is 6.18 Å². The molecule has 0 spiro atoms. The number of hydrogen-bond donors (Lipinski definition) is 2. The minimum Gasteiger partial charge on any atom is -0.359 e. The number of nitrogens with zero attached hydrogens (tertiary/aromatic N) is 6. The lowest BCUT2D eigenvalue weighted by Crippen LogP contribution is -2.08. The predicted octanol–water partition coefficient (Wildman–Crippen LogP) is 2.38. The molecule has 11 heteroatoms. The number of rotatable bonds is 4. The third-order valence-electron chi connectivity index (χ3n) is 3.11. The Balaban J connectivity index is 1.92. The first kappa shape index (κ1) is 16.2. The molecule has 0 aliphatic rings. The van der Waals surface area contributed by atoms with E-state index in [2.05, 4.69) is 31.0 Å². The van der Waals surface area contributed by atoms with Gasteiger partial charge in [0.15, 0.2) is 5.69 Å².